The van der Waals surface area contributed by atoms with E-state index in [9.17, 15) is 9.18 Å². The quantitative estimate of drug-likeness (QED) is 0.665. The Hall–Kier alpha value is -2.76. The normalized spacial score (nSPS) is 11.4. The van der Waals surface area contributed by atoms with Crippen LogP contribution in [0.1, 0.15) is 43.6 Å². The van der Waals surface area contributed by atoms with Crippen molar-refractivity contribution < 1.29 is 9.18 Å². The van der Waals surface area contributed by atoms with Crippen molar-refractivity contribution in [2.45, 2.75) is 47.0 Å². The molecule has 28 heavy (non-hydrogen) atoms. The standard InChI is InChI=1S/C22H27FN4O/c1-14(2)10-11-24-22(28)9-8-19-15(3)25-21-13-20(26-27(21)16(19)4)17-6-5-7-18(23)12-17/h5-7,12-14H,8-11H2,1-4H3,(H,24,28). The number of hydrogen-bond donors (Lipinski definition) is 1. The van der Waals surface area contributed by atoms with Crippen LogP contribution in [-0.2, 0) is 11.2 Å². The molecule has 0 unspecified atom stereocenters. The molecule has 1 N–H and O–H groups in total. The fraction of sp³-hybridized carbons (Fsp3) is 0.409. The van der Waals surface area contributed by atoms with Gasteiger partial charge in [-0.3, -0.25) is 4.79 Å². The van der Waals surface area contributed by atoms with Gasteiger partial charge in [0.2, 0.25) is 5.91 Å². The van der Waals surface area contributed by atoms with Crippen molar-refractivity contribution >= 4 is 11.6 Å². The van der Waals surface area contributed by atoms with Crippen molar-refractivity contribution in [3.05, 3.63) is 53.1 Å². The van der Waals surface area contributed by atoms with Crippen LogP contribution in [0.25, 0.3) is 16.9 Å². The van der Waals surface area contributed by atoms with Crippen molar-refractivity contribution in [1.82, 2.24) is 19.9 Å². The molecule has 0 bridgehead atoms. The van der Waals surface area contributed by atoms with Gasteiger partial charge in [-0.1, -0.05) is 26.0 Å². The predicted octanol–water partition coefficient (Wildman–Crippen LogP) is 4.25. The summed E-state index contributed by atoms with van der Waals surface area (Å²) in [6, 6.07) is 8.24. The maximum Gasteiger partial charge on any atom is 0.220 e. The molecule has 5 nitrogen and oxygen atoms in total. The molecule has 0 aliphatic heterocycles. The monoisotopic (exact) mass is 382 g/mol. The highest BCUT2D eigenvalue weighted by atomic mass is 19.1. The lowest BCUT2D eigenvalue weighted by molar-refractivity contribution is -0.121. The topological polar surface area (TPSA) is 59.3 Å². The summed E-state index contributed by atoms with van der Waals surface area (Å²) in [7, 11) is 0. The fourth-order valence-corrected chi connectivity index (χ4v) is 3.30. The number of carbonyl (C=O) groups is 1. The zero-order valence-corrected chi connectivity index (χ0v) is 16.9. The van der Waals surface area contributed by atoms with E-state index in [0.717, 1.165) is 29.0 Å². The van der Waals surface area contributed by atoms with E-state index in [2.05, 4.69) is 29.2 Å². The number of hydrogen-bond acceptors (Lipinski definition) is 3. The van der Waals surface area contributed by atoms with E-state index in [0.29, 0.717) is 36.6 Å². The van der Waals surface area contributed by atoms with E-state index in [4.69, 9.17) is 0 Å². The van der Waals surface area contributed by atoms with Crippen LogP contribution in [0.3, 0.4) is 0 Å². The van der Waals surface area contributed by atoms with Crippen LogP contribution in [0.15, 0.2) is 30.3 Å². The summed E-state index contributed by atoms with van der Waals surface area (Å²) in [5.41, 5.74) is 5.00. The van der Waals surface area contributed by atoms with Gasteiger partial charge in [0.15, 0.2) is 5.65 Å². The Morgan fingerprint density at radius 3 is 2.75 bits per heavy atom. The number of halogens is 1. The third kappa shape index (κ3) is 4.55. The summed E-state index contributed by atoms with van der Waals surface area (Å²) in [4.78, 5) is 16.8. The Kier molecular flexibility index (Phi) is 6.07. The average molecular weight is 382 g/mol. The highest BCUT2D eigenvalue weighted by Crippen LogP contribution is 2.23. The summed E-state index contributed by atoms with van der Waals surface area (Å²) in [6.45, 7) is 8.93. The molecule has 0 saturated heterocycles. The molecule has 0 radical (unpaired) electrons. The van der Waals surface area contributed by atoms with Crippen LogP contribution >= 0.6 is 0 Å². The maximum atomic E-state index is 13.5. The van der Waals surface area contributed by atoms with Gasteiger partial charge in [-0.25, -0.2) is 13.9 Å². The number of rotatable bonds is 7. The minimum absolute atomic E-state index is 0.0560. The van der Waals surface area contributed by atoms with Gasteiger partial charge in [0.1, 0.15) is 5.82 Å². The largest absolute Gasteiger partial charge is 0.356 e. The number of aromatic nitrogens is 3. The summed E-state index contributed by atoms with van der Waals surface area (Å²) in [5.74, 6) is 0.337. The number of fused-ring (bicyclic) bond motifs is 1. The summed E-state index contributed by atoms with van der Waals surface area (Å²) in [6.07, 6.45) is 2.02. The lowest BCUT2D eigenvalue weighted by Gasteiger charge is -2.11. The predicted molar refractivity (Wildman–Crippen MR) is 109 cm³/mol. The number of nitrogens with one attached hydrogen (secondary N) is 1. The van der Waals surface area contributed by atoms with Crippen LogP contribution < -0.4 is 5.32 Å². The average Bonchev–Trinajstić information content (AvgIpc) is 3.05. The first kappa shape index (κ1) is 20.0. The fourth-order valence-electron chi connectivity index (χ4n) is 3.30. The Balaban J connectivity index is 1.79. The molecule has 2 aromatic heterocycles. The number of amides is 1. The van der Waals surface area contributed by atoms with E-state index in [1.54, 1.807) is 10.6 Å². The van der Waals surface area contributed by atoms with Gasteiger partial charge in [-0.15, -0.1) is 0 Å². The SMILES string of the molecule is Cc1nc2cc(-c3cccc(F)c3)nn2c(C)c1CCC(=O)NCCC(C)C. The van der Waals surface area contributed by atoms with Crippen LogP contribution in [0.5, 0.6) is 0 Å². The van der Waals surface area contributed by atoms with Gasteiger partial charge < -0.3 is 5.32 Å². The molecule has 0 aliphatic carbocycles. The molecule has 0 aliphatic rings. The van der Waals surface area contributed by atoms with E-state index in [1.807, 2.05) is 26.0 Å². The number of carbonyl (C=O) groups excluding carboxylic acids is 1. The van der Waals surface area contributed by atoms with Crippen LogP contribution in [0, 0.1) is 25.6 Å². The van der Waals surface area contributed by atoms with Crippen molar-refractivity contribution in [2.75, 3.05) is 6.54 Å². The molecule has 1 amide bonds. The first-order chi connectivity index (χ1) is 13.3. The Morgan fingerprint density at radius 2 is 2.04 bits per heavy atom. The van der Waals surface area contributed by atoms with E-state index in [1.165, 1.54) is 12.1 Å². The molecule has 3 aromatic rings. The van der Waals surface area contributed by atoms with Crippen LogP contribution in [0.2, 0.25) is 0 Å². The number of nitrogens with zero attached hydrogens (tertiary/aromatic N) is 3. The van der Waals surface area contributed by atoms with Gasteiger partial charge in [0, 0.05) is 36.0 Å². The summed E-state index contributed by atoms with van der Waals surface area (Å²) in [5, 5.41) is 7.58. The molecule has 3 rings (SSSR count). The molecule has 0 spiro atoms. The Morgan fingerprint density at radius 1 is 1.25 bits per heavy atom. The van der Waals surface area contributed by atoms with Gasteiger partial charge in [0.05, 0.1) is 5.69 Å². The van der Waals surface area contributed by atoms with E-state index < -0.39 is 0 Å². The smallest absolute Gasteiger partial charge is 0.220 e. The van der Waals surface area contributed by atoms with E-state index in [-0.39, 0.29) is 11.7 Å². The van der Waals surface area contributed by atoms with Crippen molar-refractivity contribution in [1.29, 1.82) is 0 Å². The first-order valence-electron chi connectivity index (χ1n) is 9.73. The van der Waals surface area contributed by atoms with Crippen molar-refractivity contribution in [2.24, 2.45) is 5.92 Å². The Labute approximate surface area is 165 Å². The Bertz CT molecular complexity index is 994. The summed E-state index contributed by atoms with van der Waals surface area (Å²) >= 11 is 0. The summed E-state index contributed by atoms with van der Waals surface area (Å²) < 4.78 is 15.3. The lowest BCUT2D eigenvalue weighted by Crippen LogP contribution is -2.25. The van der Waals surface area contributed by atoms with Crippen molar-refractivity contribution in [3.63, 3.8) is 0 Å². The van der Waals surface area contributed by atoms with Gasteiger partial charge in [-0.2, -0.15) is 5.10 Å². The highest BCUT2D eigenvalue weighted by molar-refractivity contribution is 5.76. The molecule has 1 aromatic carbocycles. The molecular formula is C22H27FN4O. The zero-order chi connectivity index (χ0) is 20.3. The third-order valence-electron chi connectivity index (χ3n) is 4.93. The van der Waals surface area contributed by atoms with Crippen LogP contribution in [0.4, 0.5) is 4.39 Å². The molecule has 6 heteroatoms. The molecule has 2 heterocycles. The second kappa shape index (κ2) is 8.50. The molecule has 0 fully saturated rings. The maximum absolute atomic E-state index is 13.5. The molecule has 0 atom stereocenters. The second-order valence-corrected chi connectivity index (χ2v) is 7.60. The van der Waals surface area contributed by atoms with Gasteiger partial charge in [-0.05, 0) is 50.3 Å². The third-order valence-corrected chi connectivity index (χ3v) is 4.93. The molecule has 148 valence electrons. The first-order valence-corrected chi connectivity index (χ1v) is 9.73. The number of aryl methyl sites for hydroxylation is 2. The zero-order valence-electron chi connectivity index (χ0n) is 16.9. The van der Waals surface area contributed by atoms with Gasteiger partial charge in [0.25, 0.3) is 0 Å². The number of benzene rings is 1. The van der Waals surface area contributed by atoms with Crippen molar-refractivity contribution in [3.8, 4) is 11.3 Å². The molecular weight excluding hydrogens is 355 g/mol. The van der Waals surface area contributed by atoms with E-state index >= 15 is 0 Å². The van der Waals surface area contributed by atoms with Gasteiger partial charge >= 0.3 is 0 Å². The minimum Gasteiger partial charge on any atom is -0.356 e. The van der Waals surface area contributed by atoms with Crippen LogP contribution in [-0.4, -0.2) is 27.0 Å². The highest BCUT2D eigenvalue weighted by Gasteiger charge is 2.14. The minimum atomic E-state index is -0.292. The molecule has 0 saturated carbocycles. The lowest BCUT2D eigenvalue weighted by atomic mass is 10.1. The second-order valence-electron chi connectivity index (χ2n) is 7.60.